The number of ether oxygens (including phenoxy) is 2. The Balaban J connectivity index is 1.61. The first-order valence-electron chi connectivity index (χ1n) is 8.99. The summed E-state index contributed by atoms with van der Waals surface area (Å²) in [5.41, 5.74) is 1.10. The zero-order chi connectivity index (χ0) is 20.8. The molecule has 0 radical (unpaired) electrons. The molecule has 0 saturated heterocycles. The molecule has 0 aromatic heterocycles. The lowest BCUT2D eigenvalue weighted by molar-refractivity contribution is -0.148. The number of carbonyl (C=O) groups excluding carboxylic acids is 2. The van der Waals surface area contributed by atoms with Crippen molar-refractivity contribution in [1.82, 2.24) is 0 Å². The molecule has 0 aliphatic heterocycles. The molecule has 3 aromatic carbocycles. The monoisotopic (exact) mass is 393 g/mol. The van der Waals surface area contributed by atoms with E-state index in [0.29, 0.717) is 11.3 Å². The molecule has 0 fully saturated rings. The minimum atomic E-state index is -1.00. The minimum Gasteiger partial charge on any atom is -0.494 e. The number of esters is 1. The van der Waals surface area contributed by atoms with Crippen molar-refractivity contribution < 1.29 is 23.5 Å². The highest BCUT2D eigenvalue weighted by Gasteiger charge is 2.17. The average Bonchev–Trinajstić information content (AvgIpc) is 2.72. The van der Waals surface area contributed by atoms with E-state index in [9.17, 15) is 14.0 Å². The third-order valence-corrected chi connectivity index (χ3v) is 4.30. The van der Waals surface area contributed by atoms with E-state index in [1.54, 1.807) is 12.1 Å². The molecular weight excluding hydrogens is 373 g/mol. The van der Waals surface area contributed by atoms with E-state index < -0.39 is 23.8 Å². The van der Waals surface area contributed by atoms with Crippen molar-refractivity contribution in [3.05, 3.63) is 78.1 Å². The molecule has 0 heterocycles. The van der Waals surface area contributed by atoms with Gasteiger partial charge in [0.05, 0.1) is 7.11 Å². The Labute approximate surface area is 167 Å². The standard InChI is InChI=1S/C23H20FNO4/c1-15(23(27)25-20-9-5-7-17-6-3-4-8-18(17)20)29-22(26)13-11-16-10-12-21(28-2)19(24)14-16/h3-15H,1-2H3,(H,25,27)/b13-11+/t15-/m0/s1. The Morgan fingerprint density at radius 3 is 2.59 bits per heavy atom. The van der Waals surface area contributed by atoms with Crippen molar-refractivity contribution in [2.45, 2.75) is 13.0 Å². The van der Waals surface area contributed by atoms with E-state index in [1.165, 1.54) is 32.2 Å². The molecule has 1 N–H and O–H groups in total. The first kappa shape index (κ1) is 20.1. The van der Waals surface area contributed by atoms with Crippen molar-refractivity contribution in [2.24, 2.45) is 0 Å². The van der Waals surface area contributed by atoms with E-state index in [2.05, 4.69) is 5.32 Å². The normalized spacial score (nSPS) is 12.0. The summed E-state index contributed by atoms with van der Waals surface area (Å²) in [4.78, 5) is 24.4. The maximum Gasteiger partial charge on any atom is 0.331 e. The number of methoxy groups -OCH3 is 1. The molecule has 3 aromatic rings. The lowest BCUT2D eigenvalue weighted by atomic mass is 10.1. The molecule has 1 amide bonds. The topological polar surface area (TPSA) is 64.6 Å². The predicted molar refractivity (Wildman–Crippen MR) is 110 cm³/mol. The Morgan fingerprint density at radius 2 is 1.83 bits per heavy atom. The van der Waals surface area contributed by atoms with Crippen LogP contribution in [0.5, 0.6) is 5.75 Å². The molecule has 1 atom stereocenters. The van der Waals surface area contributed by atoms with Crippen molar-refractivity contribution >= 4 is 34.4 Å². The second-order valence-corrected chi connectivity index (χ2v) is 6.32. The summed E-state index contributed by atoms with van der Waals surface area (Å²) in [6, 6.07) is 17.5. The molecule has 29 heavy (non-hydrogen) atoms. The molecule has 0 unspecified atom stereocenters. The van der Waals surface area contributed by atoms with Crippen LogP contribution >= 0.6 is 0 Å². The van der Waals surface area contributed by atoms with Crippen LogP contribution in [0.3, 0.4) is 0 Å². The highest BCUT2D eigenvalue weighted by molar-refractivity contribution is 6.04. The SMILES string of the molecule is COc1ccc(/C=C/C(=O)O[C@@H](C)C(=O)Nc2cccc3ccccc23)cc1F. The Bertz CT molecular complexity index is 1070. The molecule has 148 valence electrons. The molecular formula is C23H20FNO4. The number of hydrogen-bond donors (Lipinski definition) is 1. The van der Waals surface area contributed by atoms with E-state index in [1.807, 2.05) is 36.4 Å². The number of halogens is 1. The van der Waals surface area contributed by atoms with Gasteiger partial charge in [-0.15, -0.1) is 0 Å². The summed E-state index contributed by atoms with van der Waals surface area (Å²) >= 11 is 0. The van der Waals surface area contributed by atoms with Crippen LogP contribution in [-0.4, -0.2) is 25.1 Å². The van der Waals surface area contributed by atoms with Crippen LogP contribution in [0.15, 0.2) is 66.7 Å². The van der Waals surface area contributed by atoms with Crippen LogP contribution in [-0.2, 0) is 14.3 Å². The number of rotatable bonds is 6. The van der Waals surface area contributed by atoms with E-state index >= 15 is 0 Å². The molecule has 0 bridgehead atoms. The number of anilines is 1. The van der Waals surface area contributed by atoms with Crippen LogP contribution < -0.4 is 10.1 Å². The van der Waals surface area contributed by atoms with Gasteiger partial charge in [-0.1, -0.05) is 42.5 Å². The maximum absolute atomic E-state index is 13.7. The lowest BCUT2D eigenvalue weighted by Crippen LogP contribution is -2.29. The van der Waals surface area contributed by atoms with Gasteiger partial charge in [-0.3, -0.25) is 4.79 Å². The van der Waals surface area contributed by atoms with Gasteiger partial charge in [0.15, 0.2) is 17.7 Å². The highest BCUT2D eigenvalue weighted by atomic mass is 19.1. The van der Waals surface area contributed by atoms with Crippen molar-refractivity contribution in [3.63, 3.8) is 0 Å². The van der Waals surface area contributed by atoms with Gasteiger partial charge in [0.25, 0.3) is 5.91 Å². The Morgan fingerprint density at radius 1 is 1.07 bits per heavy atom. The third kappa shape index (κ3) is 4.99. The Kier molecular flexibility index (Phi) is 6.24. The number of nitrogens with one attached hydrogen (secondary N) is 1. The predicted octanol–water partition coefficient (Wildman–Crippen LogP) is 4.57. The van der Waals surface area contributed by atoms with Gasteiger partial charge in [0.1, 0.15) is 0 Å². The largest absolute Gasteiger partial charge is 0.494 e. The van der Waals surface area contributed by atoms with Crippen molar-refractivity contribution in [1.29, 1.82) is 0 Å². The second kappa shape index (κ2) is 9.01. The highest BCUT2D eigenvalue weighted by Crippen LogP contribution is 2.23. The summed E-state index contributed by atoms with van der Waals surface area (Å²) in [7, 11) is 1.37. The number of carbonyl (C=O) groups is 2. The zero-order valence-electron chi connectivity index (χ0n) is 16.0. The van der Waals surface area contributed by atoms with E-state index in [0.717, 1.165) is 16.8 Å². The van der Waals surface area contributed by atoms with Crippen LogP contribution in [0.1, 0.15) is 12.5 Å². The van der Waals surface area contributed by atoms with E-state index in [-0.39, 0.29) is 5.75 Å². The number of amides is 1. The third-order valence-electron chi connectivity index (χ3n) is 4.30. The average molecular weight is 393 g/mol. The van der Waals surface area contributed by atoms with Crippen molar-refractivity contribution in [3.8, 4) is 5.75 Å². The lowest BCUT2D eigenvalue weighted by Gasteiger charge is -2.14. The molecule has 0 saturated carbocycles. The summed E-state index contributed by atoms with van der Waals surface area (Å²) in [6.45, 7) is 1.49. The molecule has 6 heteroatoms. The summed E-state index contributed by atoms with van der Waals surface area (Å²) < 4.78 is 23.7. The van der Waals surface area contributed by atoms with Gasteiger partial charge in [0.2, 0.25) is 0 Å². The number of hydrogen-bond acceptors (Lipinski definition) is 4. The first-order valence-corrected chi connectivity index (χ1v) is 8.99. The fourth-order valence-electron chi connectivity index (χ4n) is 2.79. The maximum atomic E-state index is 13.7. The van der Waals surface area contributed by atoms with E-state index in [4.69, 9.17) is 9.47 Å². The van der Waals surface area contributed by atoms with Gasteiger partial charge in [0, 0.05) is 17.1 Å². The summed E-state index contributed by atoms with van der Waals surface area (Å²) in [5.74, 6) is -1.57. The quantitative estimate of drug-likeness (QED) is 0.492. The minimum absolute atomic E-state index is 0.114. The summed E-state index contributed by atoms with van der Waals surface area (Å²) in [6.07, 6.45) is 1.54. The van der Waals surface area contributed by atoms with Crippen LogP contribution in [0.4, 0.5) is 10.1 Å². The Hall–Kier alpha value is -3.67. The smallest absolute Gasteiger partial charge is 0.331 e. The molecule has 3 rings (SSSR count). The zero-order valence-corrected chi connectivity index (χ0v) is 16.0. The van der Waals surface area contributed by atoms with Gasteiger partial charge in [-0.05, 0) is 42.1 Å². The fourth-order valence-corrected chi connectivity index (χ4v) is 2.79. The van der Waals surface area contributed by atoms with Gasteiger partial charge >= 0.3 is 5.97 Å². The molecule has 0 aliphatic carbocycles. The molecule has 0 aliphatic rings. The van der Waals surface area contributed by atoms with Crippen LogP contribution in [0.25, 0.3) is 16.8 Å². The number of fused-ring (bicyclic) bond motifs is 1. The first-order chi connectivity index (χ1) is 14.0. The number of benzene rings is 3. The van der Waals surface area contributed by atoms with Crippen LogP contribution in [0, 0.1) is 5.82 Å². The second-order valence-electron chi connectivity index (χ2n) is 6.32. The molecule has 0 spiro atoms. The van der Waals surface area contributed by atoms with Gasteiger partial charge in [-0.2, -0.15) is 0 Å². The van der Waals surface area contributed by atoms with Gasteiger partial charge in [-0.25, -0.2) is 9.18 Å². The van der Waals surface area contributed by atoms with Gasteiger partial charge < -0.3 is 14.8 Å². The molecule has 5 nitrogen and oxygen atoms in total. The van der Waals surface area contributed by atoms with Crippen LogP contribution in [0.2, 0.25) is 0 Å². The fraction of sp³-hybridized carbons (Fsp3) is 0.130. The summed E-state index contributed by atoms with van der Waals surface area (Å²) in [5, 5.41) is 4.66. The van der Waals surface area contributed by atoms with Crippen molar-refractivity contribution in [2.75, 3.05) is 12.4 Å².